The minimum Gasteiger partial charge on any atom is -0.199 e. The van der Waals surface area contributed by atoms with Crippen LogP contribution in [0.5, 0.6) is 0 Å². The van der Waals surface area contributed by atoms with Crippen molar-refractivity contribution in [2.45, 2.75) is 29.5 Å². The SMILES string of the molecule is O=S1(=O)N=C(CC(Cl)C2CC2)c2ccccc21. The van der Waals surface area contributed by atoms with Gasteiger partial charge in [-0.25, -0.2) is 0 Å². The standard InChI is InChI=1S/C12H12ClNO2S/c13-10(8-5-6-8)7-11-9-3-1-2-4-12(9)17(15,16)14-11/h1-4,8,10H,5-7H2. The van der Waals surface area contributed by atoms with Crippen molar-refractivity contribution in [3.8, 4) is 0 Å². The van der Waals surface area contributed by atoms with Crippen molar-refractivity contribution in [2.75, 3.05) is 0 Å². The first-order valence-corrected chi connectivity index (χ1v) is 7.53. The van der Waals surface area contributed by atoms with Crippen LogP contribution in [0.1, 0.15) is 24.8 Å². The minimum atomic E-state index is -3.48. The van der Waals surface area contributed by atoms with Gasteiger partial charge in [0.15, 0.2) is 0 Å². The highest BCUT2D eigenvalue weighted by Crippen LogP contribution is 2.39. The summed E-state index contributed by atoms with van der Waals surface area (Å²) in [5, 5.41) is 0.00936. The van der Waals surface area contributed by atoms with Crippen LogP contribution >= 0.6 is 11.6 Å². The molecule has 1 unspecified atom stereocenters. The van der Waals surface area contributed by atoms with Gasteiger partial charge >= 0.3 is 0 Å². The van der Waals surface area contributed by atoms with Crippen molar-refractivity contribution in [3.63, 3.8) is 0 Å². The van der Waals surface area contributed by atoms with Crippen LogP contribution in [0.3, 0.4) is 0 Å². The molecule has 0 radical (unpaired) electrons. The molecule has 1 aromatic rings. The van der Waals surface area contributed by atoms with Crippen LogP contribution in [0.15, 0.2) is 33.6 Å². The van der Waals surface area contributed by atoms with Gasteiger partial charge in [0.1, 0.15) is 0 Å². The van der Waals surface area contributed by atoms with E-state index in [0.29, 0.717) is 22.9 Å². The Kier molecular flexibility index (Phi) is 2.52. The van der Waals surface area contributed by atoms with Crippen molar-refractivity contribution in [1.82, 2.24) is 0 Å². The molecule has 5 heteroatoms. The molecule has 1 fully saturated rings. The molecule has 1 heterocycles. The van der Waals surface area contributed by atoms with E-state index in [1.54, 1.807) is 18.2 Å². The van der Waals surface area contributed by atoms with E-state index in [0.717, 1.165) is 18.4 Å². The Morgan fingerprint density at radius 1 is 1.35 bits per heavy atom. The molecule has 90 valence electrons. The molecule has 0 aromatic heterocycles. The number of benzene rings is 1. The van der Waals surface area contributed by atoms with Gasteiger partial charge in [-0.3, -0.25) is 0 Å². The van der Waals surface area contributed by atoms with Crippen LogP contribution < -0.4 is 0 Å². The lowest BCUT2D eigenvalue weighted by Gasteiger charge is -2.07. The van der Waals surface area contributed by atoms with Crippen molar-refractivity contribution in [2.24, 2.45) is 10.3 Å². The third kappa shape index (κ3) is 2.00. The highest BCUT2D eigenvalue weighted by Gasteiger charge is 2.34. The molecule has 17 heavy (non-hydrogen) atoms. The zero-order valence-corrected chi connectivity index (χ0v) is 10.7. The summed E-state index contributed by atoms with van der Waals surface area (Å²) in [7, 11) is -3.48. The average Bonchev–Trinajstić information content (AvgIpc) is 3.08. The van der Waals surface area contributed by atoms with Gasteiger partial charge in [0.25, 0.3) is 10.0 Å². The molecule has 1 aromatic carbocycles. The fraction of sp³-hybridized carbons (Fsp3) is 0.417. The zero-order valence-electron chi connectivity index (χ0n) is 9.14. The Morgan fingerprint density at radius 3 is 2.76 bits per heavy atom. The summed E-state index contributed by atoms with van der Waals surface area (Å²) >= 11 is 6.24. The zero-order chi connectivity index (χ0) is 12.0. The topological polar surface area (TPSA) is 46.5 Å². The summed E-state index contributed by atoms with van der Waals surface area (Å²) in [5.74, 6) is 0.537. The maximum atomic E-state index is 11.8. The molecule has 2 aliphatic rings. The molecular weight excluding hydrogens is 258 g/mol. The molecule has 1 aliphatic carbocycles. The van der Waals surface area contributed by atoms with Gasteiger partial charge in [-0.1, -0.05) is 18.2 Å². The van der Waals surface area contributed by atoms with Crippen LogP contribution in [0.2, 0.25) is 0 Å². The molecule has 0 bridgehead atoms. The summed E-state index contributed by atoms with van der Waals surface area (Å²) < 4.78 is 27.4. The highest BCUT2D eigenvalue weighted by atomic mass is 35.5. The number of sulfonamides is 1. The summed E-state index contributed by atoms with van der Waals surface area (Å²) in [6, 6.07) is 6.94. The van der Waals surface area contributed by atoms with Crippen molar-refractivity contribution in [3.05, 3.63) is 29.8 Å². The Bertz CT molecular complexity index is 590. The van der Waals surface area contributed by atoms with Gasteiger partial charge in [-0.2, -0.15) is 12.8 Å². The Hall–Kier alpha value is -0.870. The number of alkyl halides is 1. The smallest absolute Gasteiger partial charge is 0.199 e. The number of nitrogens with zero attached hydrogens (tertiary/aromatic N) is 1. The largest absolute Gasteiger partial charge is 0.283 e. The molecule has 1 atom stereocenters. The first-order chi connectivity index (χ1) is 8.08. The summed E-state index contributed by atoms with van der Waals surface area (Å²) in [5.41, 5.74) is 1.34. The second kappa shape index (κ2) is 3.82. The Balaban J connectivity index is 1.96. The van der Waals surface area contributed by atoms with Crippen LogP contribution in [0.4, 0.5) is 0 Å². The summed E-state index contributed by atoms with van der Waals surface area (Å²) in [4.78, 5) is 0.315. The van der Waals surface area contributed by atoms with E-state index in [1.165, 1.54) is 0 Å². The molecule has 0 amide bonds. The molecule has 3 rings (SSSR count). The molecule has 0 saturated heterocycles. The van der Waals surface area contributed by atoms with Crippen LogP contribution in [0, 0.1) is 5.92 Å². The van der Waals surface area contributed by atoms with E-state index in [4.69, 9.17) is 11.6 Å². The predicted molar refractivity (Wildman–Crippen MR) is 67.1 cm³/mol. The third-order valence-electron chi connectivity index (χ3n) is 3.23. The molecule has 1 aliphatic heterocycles. The van der Waals surface area contributed by atoms with Gasteiger partial charge < -0.3 is 0 Å². The normalized spacial score (nSPS) is 23.0. The fourth-order valence-electron chi connectivity index (χ4n) is 2.13. The van der Waals surface area contributed by atoms with Gasteiger partial charge in [0.05, 0.1) is 10.6 Å². The van der Waals surface area contributed by atoms with Gasteiger partial charge in [0.2, 0.25) is 0 Å². The first kappa shape index (κ1) is 11.2. The van der Waals surface area contributed by atoms with Crippen LogP contribution in [0.25, 0.3) is 0 Å². The lowest BCUT2D eigenvalue weighted by molar-refractivity contribution is 0.599. The highest BCUT2D eigenvalue weighted by molar-refractivity contribution is 7.90. The molecule has 1 saturated carbocycles. The van der Waals surface area contributed by atoms with Crippen LogP contribution in [-0.2, 0) is 10.0 Å². The minimum absolute atomic E-state index is 0.00936. The van der Waals surface area contributed by atoms with E-state index in [2.05, 4.69) is 4.40 Å². The number of rotatable bonds is 3. The number of fused-ring (bicyclic) bond motifs is 1. The van der Waals surface area contributed by atoms with Gasteiger partial charge in [-0.15, -0.1) is 11.6 Å². The maximum absolute atomic E-state index is 11.8. The van der Waals surface area contributed by atoms with E-state index >= 15 is 0 Å². The van der Waals surface area contributed by atoms with E-state index in [1.807, 2.05) is 6.07 Å². The number of hydrogen-bond acceptors (Lipinski definition) is 2. The molecule has 3 nitrogen and oxygen atoms in total. The third-order valence-corrected chi connectivity index (χ3v) is 5.11. The number of halogens is 1. The molecular formula is C12H12ClNO2S. The Labute approximate surface area is 106 Å². The van der Waals surface area contributed by atoms with Gasteiger partial charge in [0, 0.05) is 17.4 Å². The lowest BCUT2D eigenvalue weighted by atomic mass is 10.0. The second-order valence-electron chi connectivity index (χ2n) is 4.57. The second-order valence-corrected chi connectivity index (χ2v) is 6.70. The van der Waals surface area contributed by atoms with Crippen molar-refractivity contribution < 1.29 is 8.42 Å². The first-order valence-electron chi connectivity index (χ1n) is 5.65. The van der Waals surface area contributed by atoms with Gasteiger partial charge in [-0.05, 0) is 24.8 Å². The van der Waals surface area contributed by atoms with E-state index in [9.17, 15) is 8.42 Å². The van der Waals surface area contributed by atoms with Crippen molar-refractivity contribution in [1.29, 1.82) is 0 Å². The van der Waals surface area contributed by atoms with Crippen molar-refractivity contribution >= 4 is 27.3 Å². The monoisotopic (exact) mass is 269 g/mol. The fourth-order valence-corrected chi connectivity index (χ4v) is 3.80. The quantitative estimate of drug-likeness (QED) is 0.792. The molecule has 0 N–H and O–H groups in total. The maximum Gasteiger partial charge on any atom is 0.283 e. The summed E-state index contributed by atoms with van der Waals surface area (Å²) in [6.07, 6.45) is 2.84. The Morgan fingerprint density at radius 2 is 2.06 bits per heavy atom. The molecule has 0 spiro atoms. The number of hydrogen-bond donors (Lipinski definition) is 0. The summed E-state index contributed by atoms with van der Waals surface area (Å²) in [6.45, 7) is 0. The average molecular weight is 270 g/mol. The predicted octanol–water partition coefficient (Wildman–Crippen LogP) is 2.59. The lowest BCUT2D eigenvalue weighted by Crippen LogP contribution is -2.09. The van der Waals surface area contributed by atoms with E-state index in [-0.39, 0.29) is 5.38 Å². The van der Waals surface area contributed by atoms with E-state index < -0.39 is 10.0 Å². The van der Waals surface area contributed by atoms with Crippen LogP contribution in [-0.4, -0.2) is 19.5 Å².